The molecule has 0 bridgehead atoms. The number of nitrogens with zero attached hydrogens (tertiary/aromatic N) is 1. The van der Waals surface area contributed by atoms with Gasteiger partial charge in [-0.3, -0.25) is 0 Å². The smallest absolute Gasteiger partial charge is 0.155 e. The summed E-state index contributed by atoms with van der Waals surface area (Å²) in [7, 11) is 0. The first kappa shape index (κ1) is 7.53. The molecule has 1 N–H and O–H groups in total. The van der Waals surface area contributed by atoms with E-state index in [0.717, 1.165) is 0 Å². The summed E-state index contributed by atoms with van der Waals surface area (Å²) in [5.41, 5.74) is 0.548. The van der Waals surface area contributed by atoms with Crippen LogP contribution in [0.2, 0.25) is 0 Å². The third-order valence-corrected chi connectivity index (χ3v) is 1.26. The van der Waals surface area contributed by atoms with E-state index in [9.17, 15) is 4.91 Å². The quantitative estimate of drug-likeness (QED) is 0.529. The van der Waals surface area contributed by atoms with E-state index in [1.54, 1.807) is 18.2 Å². The Morgan fingerprint density at radius 2 is 2.18 bits per heavy atom. The van der Waals surface area contributed by atoms with Crippen LogP contribution in [0, 0.1) is 4.91 Å². The molecule has 1 aromatic carbocycles. The molecule has 0 radical (unpaired) electrons. The lowest BCUT2D eigenvalue weighted by Crippen LogP contribution is -1.85. The molecule has 0 saturated heterocycles. The fourth-order valence-electron chi connectivity index (χ4n) is 0.729. The lowest BCUT2D eigenvalue weighted by molar-refractivity contribution is 0.124. The second-order valence-corrected chi connectivity index (χ2v) is 1.98. The van der Waals surface area contributed by atoms with Gasteiger partial charge in [-0.2, -0.15) is 0 Å². The van der Waals surface area contributed by atoms with E-state index in [0.29, 0.717) is 5.56 Å². The van der Waals surface area contributed by atoms with E-state index in [1.807, 2.05) is 0 Å². The molecule has 0 heterocycles. The predicted octanol–water partition coefficient (Wildman–Crippen LogP) is 1.59. The Kier molecular flexibility index (Phi) is 2.43. The van der Waals surface area contributed by atoms with Crippen LogP contribution in [0.15, 0.2) is 29.6 Å². The zero-order valence-corrected chi connectivity index (χ0v) is 5.73. The van der Waals surface area contributed by atoms with Gasteiger partial charge in [-0.15, -0.1) is 4.91 Å². The van der Waals surface area contributed by atoms with Crippen LogP contribution in [0.3, 0.4) is 0 Å². The van der Waals surface area contributed by atoms with E-state index in [1.165, 1.54) is 6.07 Å². The summed E-state index contributed by atoms with van der Waals surface area (Å²) in [4.78, 5) is 13.7. The highest BCUT2D eigenvalue weighted by atomic mass is 16.7. The molecule has 11 heavy (non-hydrogen) atoms. The summed E-state index contributed by atoms with van der Waals surface area (Å²) < 4.78 is 0. The molecule has 58 valence electrons. The lowest BCUT2D eigenvalue weighted by Gasteiger charge is -1.99. The minimum Gasteiger partial charge on any atom is -0.508 e. The standard InChI is InChI=1S/C7H7NO3/c9-7-4-2-1-3-6(7)5-11-8-10/h1-4,9H,5H2. The van der Waals surface area contributed by atoms with Gasteiger partial charge in [0.25, 0.3) is 0 Å². The summed E-state index contributed by atoms with van der Waals surface area (Å²) in [6.07, 6.45) is 0. The zero-order valence-electron chi connectivity index (χ0n) is 5.73. The first-order chi connectivity index (χ1) is 5.34. The first-order valence-corrected chi connectivity index (χ1v) is 3.06. The molecule has 0 aliphatic heterocycles. The van der Waals surface area contributed by atoms with Crippen LogP contribution in [0.25, 0.3) is 0 Å². The molecule has 1 aromatic rings. The zero-order chi connectivity index (χ0) is 8.10. The third-order valence-electron chi connectivity index (χ3n) is 1.26. The van der Waals surface area contributed by atoms with Crippen LogP contribution in [-0.4, -0.2) is 5.11 Å². The van der Waals surface area contributed by atoms with Crippen molar-refractivity contribution in [2.45, 2.75) is 6.61 Å². The highest BCUT2D eigenvalue weighted by molar-refractivity contribution is 5.30. The van der Waals surface area contributed by atoms with Crippen molar-refractivity contribution in [1.29, 1.82) is 0 Å². The van der Waals surface area contributed by atoms with Crippen LogP contribution < -0.4 is 0 Å². The predicted molar refractivity (Wildman–Crippen MR) is 38.7 cm³/mol. The van der Waals surface area contributed by atoms with Gasteiger partial charge in [-0.25, -0.2) is 0 Å². The number of phenolic OH excluding ortho intramolecular Hbond substituents is 1. The summed E-state index contributed by atoms with van der Waals surface area (Å²) in [5, 5.41) is 11.3. The normalized spacial score (nSPS) is 9.09. The molecule has 0 amide bonds. The van der Waals surface area contributed by atoms with Gasteiger partial charge < -0.3 is 9.94 Å². The van der Waals surface area contributed by atoms with Crippen LogP contribution in [0.1, 0.15) is 5.56 Å². The van der Waals surface area contributed by atoms with Crippen molar-refractivity contribution in [2.24, 2.45) is 5.34 Å². The number of aromatic hydroxyl groups is 1. The monoisotopic (exact) mass is 153 g/mol. The van der Waals surface area contributed by atoms with Crippen LogP contribution >= 0.6 is 0 Å². The van der Waals surface area contributed by atoms with Crippen molar-refractivity contribution < 1.29 is 9.94 Å². The maximum Gasteiger partial charge on any atom is 0.155 e. The Bertz CT molecular complexity index is 249. The highest BCUT2D eigenvalue weighted by Crippen LogP contribution is 2.15. The van der Waals surface area contributed by atoms with Gasteiger partial charge in [-0.05, 0) is 6.07 Å². The maximum absolute atomic E-state index is 9.54. The van der Waals surface area contributed by atoms with Gasteiger partial charge in [0.05, 0.1) is 0 Å². The number of phenols is 1. The largest absolute Gasteiger partial charge is 0.508 e. The van der Waals surface area contributed by atoms with Crippen LogP contribution in [0.4, 0.5) is 0 Å². The molecule has 0 spiro atoms. The van der Waals surface area contributed by atoms with Crippen LogP contribution in [0.5, 0.6) is 5.75 Å². The molecule has 0 aliphatic rings. The molecule has 1 rings (SSSR count). The molecule has 0 atom stereocenters. The van der Waals surface area contributed by atoms with Crippen molar-refractivity contribution >= 4 is 0 Å². The average molecular weight is 153 g/mol. The number of benzene rings is 1. The fourth-order valence-corrected chi connectivity index (χ4v) is 0.729. The minimum atomic E-state index is 0.0101. The minimum absolute atomic E-state index is 0.0101. The van der Waals surface area contributed by atoms with Crippen molar-refractivity contribution in [3.05, 3.63) is 34.7 Å². The number of hydrogen-bond donors (Lipinski definition) is 1. The topological polar surface area (TPSA) is 58.9 Å². The van der Waals surface area contributed by atoms with Crippen molar-refractivity contribution in [2.75, 3.05) is 0 Å². The Morgan fingerprint density at radius 3 is 2.82 bits per heavy atom. The van der Waals surface area contributed by atoms with E-state index < -0.39 is 0 Å². The molecule has 4 nitrogen and oxygen atoms in total. The molecule has 0 aromatic heterocycles. The highest BCUT2D eigenvalue weighted by Gasteiger charge is 1.98. The van der Waals surface area contributed by atoms with Crippen molar-refractivity contribution in [1.82, 2.24) is 0 Å². The first-order valence-electron chi connectivity index (χ1n) is 3.06. The molecule has 0 unspecified atom stereocenters. The molecule has 4 heteroatoms. The Balaban J connectivity index is 2.69. The Hall–Kier alpha value is -1.58. The van der Waals surface area contributed by atoms with E-state index in [4.69, 9.17) is 5.11 Å². The summed E-state index contributed by atoms with van der Waals surface area (Å²) >= 11 is 0. The van der Waals surface area contributed by atoms with Crippen molar-refractivity contribution in [3.63, 3.8) is 0 Å². The molecular formula is C7H7NO3. The van der Waals surface area contributed by atoms with Gasteiger partial charge >= 0.3 is 0 Å². The average Bonchev–Trinajstić information content (AvgIpc) is 2.03. The molecular weight excluding hydrogens is 146 g/mol. The van der Waals surface area contributed by atoms with Gasteiger partial charge in [0.15, 0.2) is 5.34 Å². The van der Waals surface area contributed by atoms with E-state index in [-0.39, 0.29) is 12.4 Å². The van der Waals surface area contributed by atoms with Gasteiger partial charge in [0, 0.05) is 5.56 Å². The summed E-state index contributed by atoms with van der Waals surface area (Å²) in [5.74, 6) is 0.108. The number of rotatable bonds is 3. The number of hydrogen-bond acceptors (Lipinski definition) is 4. The van der Waals surface area contributed by atoms with E-state index in [2.05, 4.69) is 10.2 Å². The summed E-state index contributed by atoms with van der Waals surface area (Å²) in [6.45, 7) is 0.0101. The fraction of sp³-hybridized carbons (Fsp3) is 0.143. The Morgan fingerprint density at radius 1 is 1.45 bits per heavy atom. The third kappa shape index (κ3) is 1.93. The van der Waals surface area contributed by atoms with Gasteiger partial charge in [0.1, 0.15) is 12.4 Å². The maximum atomic E-state index is 9.54. The lowest BCUT2D eigenvalue weighted by atomic mass is 10.2. The molecule has 0 fully saturated rings. The molecule has 0 saturated carbocycles. The van der Waals surface area contributed by atoms with Gasteiger partial charge in [0.2, 0.25) is 0 Å². The van der Waals surface area contributed by atoms with Crippen molar-refractivity contribution in [3.8, 4) is 5.75 Å². The number of para-hydroxylation sites is 1. The second kappa shape index (κ2) is 3.55. The Labute approximate surface area is 63.4 Å². The molecule has 0 aliphatic carbocycles. The second-order valence-electron chi connectivity index (χ2n) is 1.98. The van der Waals surface area contributed by atoms with E-state index >= 15 is 0 Å². The van der Waals surface area contributed by atoms with Gasteiger partial charge in [-0.1, -0.05) is 18.2 Å². The van der Waals surface area contributed by atoms with Crippen LogP contribution in [-0.2, 0) is 11.4 Å². The summed E-state index contributed by atoms with van der Waals surface area (Å²) in [6, 6.07) is 6.60. The SMILES string of the molecule is O=NOCc1ccccc1O.